The highest BCUT2D eigenvalue weighted by atomic mass is 19.1. The number of rotatable bonds is 3. The van der Waals surface area contributed by atoms with E-state index in [9.17, 15) is 19.1 Å². The molecule has 2 fully saturated rings. The molecule has 0 radical (unpaired) electrons. The summed E-state index contributed by atoms with van der Waals surface area (Å²) in [5, 5.41) is 9.70. The van der Waals surface area contributed by atoms with Crippen molar-refractivity contribution >= 4 is 11.9 Å². The van der Waals surface area contributed by atoms with Crippen LogP contribution in [0.15, 0.2) is 48.5 Å². The number of likely N-dealkylation sites (tertiary alicyclic amines) is 1. The molecule has 2 saturated heterocycles. The summed E-state index contributed by atoms with van der Waals surface area (Å²) in [6, 6.07) is 13.3. The van der Waals surface area contributed by atoms with Crippen molar-refractivity contribution in [3.63, 3.8) is 0 Å². The number of carboxylic acid groups (broad SMARTS) is 1. The maximum Gasteiger partial charge on any atom is 0.308 e. The topological polar surface area (TPSA) is 66.8 Å². The van der Waals surface area contributed by atoms with Gasteiger partial charge in [0.1, 0.15) is 5.82 Å². The molecule has 5 nitrogen and oxygen atoms in total. The van der Waals surface area contributed by atoms with E-state index in [4.69, 9.17) is 4.74 Å². The molecule has 4 rings (SSSR count). The Balaban J connectivity index is 1.61. The van der Waals surface area contributed by atoms with Gasteiger partial charge in [-0.3, -0.25) is 9.59 Å². The Morgan fingerprint density at radius 2 is 1.86 bits per heavy atom. The first-order valence-electron chi connectivity index (χ1n) is 9.45. The lowest BCUT2D eigenvalue weighted by molar-refractivity contribution is -0.146. The molecule has 28 heavy (non-hydrogen) atoms. The van der Waals surface area contributed by atoms with E-state index in [1.807, 2.05) is 0 Å². The van der Waals surface area contributed by atoms with Crippen molar-refractivity contribution in [1.29, 1.82) is 0 Å². The number of hydrogen-bond donors (Lipinski definition) is 1. The monoisotopic (exact) mass is 383 g/mol. The Labute approximate surface area is 162 Å². The number of carboxylic acids is 1. The zero-order valence-electron chi connectivity index (χ0n) is 15.4. The molecule has 2 aliphatic rings. The van der Waals surface area contributed by atoms with Gasteiger partial charge in [-0.05, 0) is 36.6 Å². The summed E-state index contributed by atoms with van der Waals surface area (Å²) in [4.78, 5) is 26.6. The largest absolute Gasteiger partial charge is 0.481 e. The van der Waals surface area contributed by atoms with Gasteiger partial charge in [0.25, 0.3) is 5.91 Å². The molecule has 0 aromatic heterocycles. The fourth-order valence-electron chi connectivity index (χ4n) is 4.45. The van der Waals surface area contributed by atoms with Crippen LogP contribution in [0.5, 0.6) is 0 Å². The maximum atomic E-state index is 14.1. The van der Waals surface area contributed by atoms with Crippen molar-refractivity contribution in [2.75, 3.05) is 26.3 Å². The van der Waals surface area contributed by atoms with Crippen molar-refractivity contribution in [2.45, 2.75) is 12.8 Å². The minimum Gasteiger partial charge on any atom is -0.481 e. The van der Waals surface area contributed by atoms with Gasteiger partial charge in [-0.25, -0.2) is 4.39 Å². The molecule has 1 spiro atoms. The van der Waals surface area contributed by atoms with Crippen LogP contribution in [-0.2, 0) is 9.53 Å². The third kappa shape index (κ3) is 3.29. The zero-order valence-corrected chi connectivity index (χ0v) is 15.4. The summed E-state index contributed by atoms with van der Waals surface area (Å²) in [7, 11) is 0. The fraction of sp³-hybridized carbons (Fsp3) is 0.364. The van der Waals surface area contributed by atoms with Crippen LogP contribution in [0.3, 0.4) is 0 Å². The molecule has 146 valence electrons. The molecular formula is C22H22FNO4. The minimum absolute atomic E-state index is 0.193. The third-order valence-corrected chi connectivity index (χ3v) is 6.02. The first kappa shape index (κ1) is 18.6. The quantitative estimate of drug-likeness (QED) is 0.882. The summed E-state index contributed by atoms with van der Waals surface area (Å²) < 4.78 is 19.5. The van der Waals surface area contributed by atoms with Crippen molar-refractivity contribution in [3.05, 3.63) is 59.9 Å². The van der Waals surface area contributed by atoms with E-state index in [-0.39, 0.29) is 18.3 Å². The number of ether oxygens (including phenoxy) is 1. The van der Waals surface area contributed by atoms with Crippen molar-refractivity contribution < 1.29 is 23.8 Å². The molecule has 2 aromatic rings. The zero-order chi connectivity index (χ0) is 19.7. The average molecular weight is 383 g/mol. The van der Waals surface area contributed by atoms with Gasteiger partial charge in [0.05, 0.1) is 5.92 Å². The number of halogens is 1. The Kier molecular flexibility index (Phi) is 4.89. The number of benzene rings is 2. The van der Waals surface area contributed by atoms with E-state index in [2.05, 4.69) is 0 Å². The first-order valence-corrected chi connectivity index (χ1v) is 9.45. The highest BCUT2D eigenvalue weighted by molar-refractivity contribution is 5.96. The van der Waals surface area contributed by atoms with E-state index in [0.29, 0.717) is 49.3 Å². The fourth-order valence-corrected chi connectivity index (χ4v) is 4.45. The van der Waals surface area contributed by atoms with Crippen LogP contribution in [0.1, 0.15) is 23.2 Å². The summed E-state index contributed by atoms with van der Waals surface area (Å²) in [5.41, 5.74) is 1.07. The Morgan fingerprint density at radius 3 is 2.57 bits per heavy atom. The van der Waals surface area contributed by atoms with E-state index in [1.54, 1.807) is 47.4 Å². The van der Waals surface area contributed by atoms with Crippen molar-refractivity contribution in [2.24, 2.45) is 11.3 Å². The number of hydrogen-bond acceptors (Lipinski definition) is 3. The number of amides is 1. The second-order valence-electron chi connectivity index (χ2n) is 7.61. The second kappa shape index (κ2) is 7.36. The number of carbonyl (C=O) groups excluding carboxylic acids is 1. The van der Waals surface area contributed by atoms with E-state index >= 15 is 0 Å². The van der Waals surface area contributed by atoms with Crippen LogP contribution >= 0.6 is 0 Å². The van der Waals surface area contributed by atoms with Gasteiger partial charge in [0, 0.05) is 42.8 Å². The van der Waals surface area contributed by atoms with Gasteiger partial charge in [0.15, 0.2) is 0 Å². The molecule has 1 unspecified atom stereocenters. The molecule has 0 bridgehead atoms. The Bertz CT molecular complexity index is 907. The van der Waals surface area contributed by atoms with Gasteiger partial charge in [-0.1, -0.05) is 30.3 Å². The second-order valence-corrected chi connectivity index (χ2v) is 7.61. The molecule has 2 aliphatic heterocycles. The Morgan fingerprint density at radius 1 is 1.11 bits per heavy atom. The lowest BCUT2D eigenvalue weighted by atomic mass is 9.72. The smallest absolute Gasteiger partial charge is 0.308 e. The molecule has 0 aliphatic carbocycles. The standard InChI is InChI=1S/C22H22FNO4/c23-19-7-2-1-6-17(19)15-4-3-5-16(12-15)20(25)24-13-18(21(26)27)22(14-24)8-10-28-11-9-22/h1-7,12,18H,8-11,13-14H2,(H,26,27). The van der Waals surface area contributed by atoms with Crippen LogP contribution in [0.2, 0.25) is 0 Å². The molecule has 2 heterocycles. The van der Waals surface area contributed by atoms with Gasteiger partial charge in [-0.2, -0.15) is 0 Å². The van der Waals surface area contributed by atoms with E-state index < -0.39 is 17.3 Å². The lowest BCUT2D eigenvalue weighted by Crippen LogP contribution is -2.40. The molecule has 0 saturated carbocycles. The molecule has 6 heteroatoms. The van der Waals surface area contributed by atoms with Crippen LogP contribution < -0.4 is 0 Å². The predicted molar refractivity (Wildman–Crippen MR) is 101 cm³/mol. The summed E-state index contributed by atoms with van der Waals surface area (Å²) >= 11 is 0. The van der Waals surface area contributed by atoms with Crippen LogP contribution in [0.4, 0.5) is 4.39 Å². The van der Waals surface area contributed by atoms with Crippen LogP contribution in [-0.4, -0.2) is 48.2 Å². The Hall–Kier alpha value is -2.73. The van der Waals surface area contributed by atoms with E-state index in [0.717, 1.165) is 0 Å². The van der Waals surface area contributed by atoms with Gasteiger partial charge in [0.2, 0.25) is 0 Å². The van der Waals surface area contributed by atoms with Gasteiger partial charge < -0.3 is 14.7 Å². The van der Waals surface area contributed by atoms with E-state index in [1.165, 1.54) is 6.07 Å². The molecule has 1 atom stereocenters. The summed E-state index contributed by atoms with van der Waals surface area (Å²) in [5.74, 6) is -2.01. The maximum absolute atomic E-state index is 14.1. The normalized spacial score (nSPS) is 21.0. The number of aliphatic carboxylic acids is 1. The summed E-state index contributed by atoms with van der Waals surface area (Å²) in [6.45, 7) is 1.65. The van der Waals surface area contributed by atoms with Gasteiger partial charge in [-0.15, -0.1) is 0 Å². The minimum atomic E-state index is -0.864. The summed E-state index contributed by atoms with van der Waals surface area (Å²) in [6.07, 6.45) is 1.28. The van der Waals surface area contributed by atoms with Crippen molar-refractivity contribution in [1.82, 2.24) is 4.90 Å². The van der Waals surface area contributed by atoms with Gasteiger partial charge >= 0.3 is 5.97 Å². The number of nitrogens with zero attached hydrogens (tertiary/aromatic N) is 1. The van der Waals surface area contributed by atoms with Crippen LogP contribution in [0, 0.1) is 17.2 Å². The highest BCUT2D eigenvalue weighted by Gasteiger charge is 2.52. The van der Waals surface area contributed by atoms with Crippen molar-refractivity contribution in [3.8, 4) is 11.1 Å². The third-order valence-electron chi connectivity index (χ3n) is 6.02. The molecule has 1 N–H and O–H groups in total. The molecule has 2 aromatic carbocycles. The molecular weight excluding hydrogens is 361 g/mol. The molecule has 1 amide bonds. The predicted octanol–water partition coefficient (Wildman–Crippen LogP) is 3.45. The first-order chi connectivity index (χ1) is 13.5. The van der Waals surface area contributed by atoms with Crippen LogP contribution in [0.25, 0.3) is 11.1 Å². The average Bonchev–Trinajstić information content (AvgIpc) is 3.07. The number of carbonyl (C=O) groups is 2. The SMILES string of the molecule is O=C(O)C1CN(C(=O)c2cccc(-c3ccccc3F)c2)CC12CCOCC2. The highest BCUT2D eigenvalue weighted by Crippen LogP contribution is 2.44. The lowest BCUT2D eigenvalue weighted by Gasteiger charge is -2.36.